The zero-order valence-corrected chi connectivity index (χ0v) is 37.6. The van der Waals surface area contributed by atoms with E-state index in [2.05, 4.69) is 106 Å². The predicted molar refractivity (Wildman–Crippen MR) is 249 cm³/mol. The van der Waals surface area contributed by atoms with E-state index < -0.39 is 12.1 Å². The van der Waals surface area contributed by atoms with Crippen LogP contribution in [0.25, 0.3) is 44.2 Å². The van der Waals surface area contributed by atoms with Crippen molar-refractivity contribution in [3.63, 3.8) is 0 Å². The van der Waals surface area contributed by atoms with Crippen LogP contribution in [0.15, 0.2) is 91.1 Å². The van der Waals surface area contributed by atoms with E-state index in [0.717, 1.165) is 126 Å². The largest absolute Gasteiger partial charge is 0.453 e. The first-order valence-electron chi connectivity index (χ1n) is 23.4. The number of H-pyrrole nitrogens is 2. The van der Waals surface area contributed by atoms with E-state index in [-0.39, 0.29) is 41.4 Å². The van der Waals surface area contributed by atoms with Gasteiger partial charge in [-0.15, -0.1) is 0 Å². The van der Waals surface area contributed by atoms with Crippen LogP contribution in [0.5, 0.6) is 0 Å². The lowest BCUT2D eigenvalue weighted by Crippen LogP contribution is -2.56. The molecule has 12 heteroatoms. The number of ether oxygens (including phenoxy) is 1. The number of benzene rings is 4. The van der Waals surface area contributed by atoms with Crippen molar-refractivity contribution in [3.05, 3.63) is 108 Å². The number of fused-ring (bicyclic) bond motifs is 3. The molecule has 1 saturated carbocycles. The summed E-state index contributed by atoms with van der Waals surface area (Å²) in [5.41, 5.74) is 6.68. The summed E-state index contributed by atoms with van der Waals surface area (Å²) in [7, 11) is 1.32. The maximum absolute atomic E-state index is 14.5. The van der Waals surface area contributed by atoms with Crippen molar-refractivity contribution < 1.29 is 19.1 Å². The summed E-state index contributed by atoms with van der Waals surface area (Å²) in [6.45, 7) is 10.9. The highest BCUT2D eigenvalue weighted by Crippen LogP contribution is 2.54. The summed E-state index contributed by atoms with van der Waals surface area (Å²) < 4.78 is 4.90. The number of amides is 3. The van der Waals surface area contributed by atoms with Gasteiger partial charge in [-0.3, -0.25) is 14.5 Å². The third-order valence-corrected chi connectivity index (χ3v) is 15.0. The zero-order valence-electron chi connectivity index (χ0n) is 37.6. The molecule has 3 saturated heterocycles. The van der Waals surface area contributed by atoms with Gasteiger partial charge in [-0.2, -0.15) is 0 Å². The van der Waals surface area contributed by atoms with Crippen molar-refractivity contribution in [2.45, 2.75) is 102 Å². The lowest BCUT2D eigenvalue weighted by Gasteiger charge is -2.40. The van der Waals surface area contributed by atoms with Crippen molar-refractivity contribution in [2.24, 2.45) is 17.8 Å². The van der Waals surface area contributed by atoms with Crippen molar-refractivity contribution in [2.75, 3.05) is 26.7 Å². The first-order chi connectivity index (χ1) is 31.0. The second-order valence-electron chi connectivity index (χ2n) is 19.5. The maximum atomic E-state index is 14.5. The number of aromatic amines is 2. The molecule has 12 nitrogen and oxygen atoms in total. The summed E-state index contributed by atoms with van der Waals surface area (Å²) in [4.78, 5) is 65.0. The first kappa shape index (κ1) is 42.0. The van der Waals surface area contributed by atoms with Gasteiger partial charge in [0.1, 0.15) is 23.7 Å². The number of alkyl carbamates (subject to hydrolysis) is 1. The number of rotatable bonds is 10. The van der Waals surface area contributed by atoms with E-state index in [1.165, 1.54) is 7.11 Å². The van der Waals surface area contributed by atoms with Crippen LogP contribution in [-0.4, -0.2) is 90.9 Å². The number of likely N-dealkylation sites (tertiary alicyclic amines) is 3. The molecule has 4 fully saturated rings. The summed E-state index contributed by atoms with van der Waals surface area (Å²) in [5, 5.41) is 5.07. The van der Waals surface area contributed by atoms with Gasteiger partial charge in [0.25, 0.3) is 0 Å². The molecule has 3 amide bonds. The number of nitrogens with one attached hydrogen (secondary N) is 3. The van der Waals surface area contributed by atoms with Gasteiger partial charge in [-0.1, -0.05) is 87.9 Å². The van der Waals surface area contributed by atoms with E-state index >= 15 is 0 Å². The highest BCUT2D eigenvalue weighted by molar-refractivity contribution is 5.92. The third kappa shape index (κ3) is 7.53. The number of nitrogens with zero attached hydrogens (tertiary/aromatic N) is 5. The number of hydrogen-bond acceptors (Lipinski definition) is 7. The van der Waals surface area contributed by atoms with Crippen LogP contribution in [0.1, 0.15) is 108 Å². The van der Waals surface area contributed by atoms with Gasteiger partial charge in [0.05, 0.1) is 42.1 Å². The van der Waals surface area contributed by atoms with Crippen LogP contribution >= 0.6 is 0 Å². The van der Waals surface area contributed by atoms with Gasteiger partial charge < -0.3 is 29.8 Å². The second kappa shape index (κ2) is 16.8. The molecule has 10 rings (SSSR count). The molecule has 0 radical (unpaired) electrons. The van der Waals surface area contributed by atoms with Crippen LogP contribution in [0, 0.1) is 17.8 Å². The monoisotopic (exact) mass is 860 g/mol. The van der Waals surface area contributed by atoms with Gasteiger partial charge in [0.15, 0.2) is 0 Å². The van der Waals surface area contributed by atoms with Crippen molar-refractivity contribution in [1.29, 1.82) is 0 Å². The van der Waals surface area contributed by atoms with Crippen LogP contribution in [-0.2, 0) is 14.3 Å². The Morgan fingerprint density at radius 3 is 2.30 bits per heavy atom. The highest BCUT2D eigenvalue weighted by atomic mass is 16.5. The molecule has 0 bridgehead atoms. The lowest BCUT2D eigenvalue weighted by molar-refractivity contribution is -0.141. The quantitative estimate of drug-likeness (QED) is 0.125. The minimum atomic E-state index is -0.704. The number of imidazole rings is 2. The normalized spacial score (nSPS) is 24.5. The Labute approximate surface area is 375 Å². The fraction of sp³-hybridized carbons (Fsp3) is 0.442. The fourth-order valence-corrected chi connectivity index (χ4v) is 11.6. The molecular weight excluding hydrogens is 801 g/mol. The molecule has 6 aromatic rings. The van der Waals surface area contributed by atoms with Gasteiger partial charge in [0.2, 0.25) is 11.8 Å². The summed E-state index contributed by atoms with van der Waals surface area (Å²) in [6, 6.07) is 28.3. The Morgan fingerprint density at radius 1 is 0.828 bits per heavy atom. The van der Waals surface area contributed by atoms with Gasteiger partial charge in [0, 0.05) is 17.6 Å². The Hall–Kier alpha value is -6.01. The van der Waals surface area contributed by atoms with E-state index in [4.69, 9.17) is 14.7 Å². The SMILES string of the molecule is COC(=O)NC(C(=O)N1C(c2nc3ccc(-c4ccc5cc(-c6cnc(C7CC(C)CN7C(=O)C(c7ccccc7)N7CCCC7)[nH]6)ccc5c4)cc3[nH]2)CC2CCCC21C)C(C)C. The van der Waals surface area contributed by atoms with E-state index in [0.29, 0.717) is 11.8 Å². The number of hydrogen-bond donors (Lipinski definition) is 3. The van der Waals surface area contributed by atoms with Crippen molar-refractivity contribution in [1.82, 2.24) is 40.0 Å². The van der Waals surface area contributed by atoms with Gasteiger partial charge >= 0.3 is 6.09 Å². The van der Waals surface area contributed by atoms with E-state index in [9.17, 15) is 14.4 Å². The lowest BCUT2D eigenvalue weighted by atomic mass is 9.89. The third-order valence-electron chi connectivity index (χ3n) is 15.0. The second-order valence-corrected chi connectivity index (χ2v) is 19.5. The summed E-state index contributed by atoms with van der Waals surface area (Å²) >= 11 is 0. The molecule has 7 atom stereocenters. The molecule has 332 valence electrons. The van der Waals surface area contributed by atoms with E-state index in [1.807, 2.05) is 43.1 Å². The summed E-state index contributed by atoms with van der Waals surface area (Å²) in [5.74, 6) is 2.33. The molecule has 0 spiro atoms. The molecule has 1 aliphatic carbocycles. The average Bonchev–Trinajstić information content (AvgIpc) is 4.17. The molecule has 4 aromatic carbocycles. The molecular formula is C52H60N8O4. The Balaban J connectivity index is 0.882. The Kier molecular flexibility index (Phi) is 11.0. The summed E-state index contributed by atoms with van der Waals surface area (Å²) in [6.07, 6.45) is 8.33. The molecule has 3 N–H and O–H groups in total. The fourth-order valence-electron chi connectivity index (χ4n) is 11.6. The van der Waals surface area contributed by atoms with Crippen molar-refractivity contribution >= 4 is 39.7 Å². The number of methoxy groups -OCH3 is 1. The average molecular weight is 861 g/mol. The Morgan fingerprint density at radius 2 is 1.55 bits per heavy atom. The zero-order chi connectivity index (χ0) is 44.3. The standard InChI is InChI=1S/C52H60N8O4/c1-31(2)45(57-51(63)64-5)49(61)60-44(28-39-14-11-21-52(39,60)4)48-54-40-20-19-37(27-41(40)55-48)35-15-16-36-26-38(18-17-34(36)25-35)42-29-53-47(56-42)43-24-32(3)30-59(43)50(62)46(58-22-9-10-23-58)33-12-7-6-8-13-33/h6-8,12-13,15-20,25-27,29,31-32,39,43-46H,9-11,14,21-24,28,30H2,1-5H3,(H,53,56)(H,54,55)(H,57,63). The van der Waals surface area contributed by atoms with Crippen LogP contribution in [0.3, 0.4) is 0 Å². The molecule has 5 heterocycles. The minimum absolute atomic E-state index is 0.0854. The molecule has 3 aliphatic heterocycles. The molecule has 7 unspecified atom stereocenters. The molecule has 64 heavy (non-hydrogen) atoms. The molecule has 2 aromatic heterocycles. The Bertz CT molecular complexity index is 2700. The first-order valence-corrected chi connectivity index (χ1v) is 23.4. The minimum Gasteiger partial charge on any atom is -0.453 e. The van der Waals surface area contributed by atoms with Crippen LogP contribution in [0.2, 0.25) is 0 Å². The van der Waals surface area contributed by atoms with E-state index in [1.54, 1.807) is 0 Å². The van der Waals surface area contributed by atoms with Crippen molar-refractivity contribution in [3.8, 4) is 22.4 Å². The van der Waals surface area contributed by atoms with Gasteiger partial charge in [-0.05, 0) is 128 Å². The molecule has 4 aliphatic rings. The smallest absolute Gasteiger partial charge is 0.407 e. The number of aromatic nitrogens is 4. The topological polar surface area (TPSA) is 140 Å². The van der Waals surface area contributed by atoms with Crippen LogP contribution < -0.4 is 5.32 Å². The number of carbonyl (C=O) groups excluding carboxylic acids is 3. The highest BCUT2D eigenvalue weighted by Gasteiger charge is 2.56. The van der Waals surface area contributed by atoms with Crippen LogP contribution in [0.4, 0.5) is 4.79 Å². The predicted octanol–water partition coefficient (Wildman–Crippen LogP) is 9.73. The van der Waals surface area contributed by atoms with Gasteiger partial charge in [-0.25, -0.2) is 14.8 Å². The maximum Gasteiger partial charge on any atom is 0.407 e. The number of carbonyl (C=O) groups is 3.